The molecule has 10 heteroatoms. The quantitative estimate of drug-likeness (QED) is 0.707. The van der Waals surface area contributed by atoms with E-state index in [1.54, 1.807) is 18.2 Å². The Morgan fingerprint density at radius 1 is 1.29 bits per heavy atom. The fraction of sp³-hybridized carbons (Fsp3) is 0.143. The number of hydrogen-bond donors (Lipinski definition) is 1. The summed E-state index contributed by atoms with van der Waals surface area (Å²) in [6.07, 6.45) is -3.98. The van der Waals surface area contributed by atoms with Crippen LogP contribution in [0.5, 0.6) is 5.75 Å². The molecule has 0 aliphatic rings. The van der Waals surface area contributed by atoms with E-state index >= 15 is 0 Å². The second kappa shape index (κ2) is 7.58. The third-order valence-corrected chi connectivity index (χ3v) is 3.82. The summed E-state index contributed by atoms with van der Waals surface area (Å²) in [5.41, 5.74) is -1.01. The average Bonchev–Trinajstić information content (AvgIpc) is 2.47. The Morgan fingerprint density at radius 3 is 2.58 bits per heavy atom. The number of pyridine rings is 1. The summed E-state index contributed by atoms with van der Waals surface area (Å²) >= 11 is 14.7. The average molecular weight is 444 g/mol. The molecule has 0 atom stereocenters. The first-order valence-electron chi connectivity index (χ1n) is 6.27. The highest BCUT2D eigenvalue weighted by Crippen LogP contribution is 2.32. The number of hydrogen-bond acceptors (Lipinski definition) is 3. The van der Waals surface area contributed by atoms with Gasteiger partial charge in [0.1, 0.15) is 5.75 Å². The topological polar surface area (TPSA) is 51.2 Å². The Kier molecular flexibility index (Phi) is 5.95. The van der Waals surface area contributed by atoms with E-state index < -0.39 is 17.6 Å². The van der Waals surface area contributed by atoms with Gasteiger partial charge in [0.15, 0.2) is 12.4 Å². The van der Waals surface area contributed by atoms with Crippen molar-refractivity contribution >= 4 is 50.9 Å². The second-order valence-corrected chi connectivity index (χ2v) is 6.16. The molecule has 0 bridgehead atoms. The predicted molar refractivity (Wildman–Crippen MR) is 87.5 cm³/mol. The van der Waals surface area contributed by atoms with Gasteiger partial charge in [0.05, 0.1) is 15.1 Å². The van der Waals surface area contributed by atoms with Crippen LogP contribution in [0.25, 0.3) is 0 Å². The van der Waals surface area contributed by atoms with Crippen LogP contribution in [0, 0.1) is 0 Å². The SMILES string of the molecule is O=C(COc1ccc(Cl)cc1Br)Nc1ncc(C(F)(F)F)cc1Cl. The highest BCUT2D eigenvalue weighted by molar-refractivity contribution is 9.10. The largest absolute Gasteiger partial charge is 0.483 e. The third-order valence-electron chi connectivity index (χ3n) is 2.68. The lowest BCUT2D eigenvalue weighted by molar-refractivity contribution is -0.137. The molecule has 2 aromatic rings. The summed E-state index contributed by atoms with van der Waals surface area (Å²) in [5, 5.41) is 2.43. The van der Waals surface area contributed by atoms with E-state index in [2.05, 4.69) is 26.2 Å². The Labute approximate surface area is 153 Å². The van der Waals surface area contributed by atoms with Gasteiger partial charge in [-0.2, -0.15) is 13.2 Å². The van der Waals surface area contributed by atoms with E-state index in [4.69, 9.17) is 27.9 Å². The van der Waals surface area contributed by atoms with E-state index in [9.17, 15) is 18.0 Å². The van der Waals surface area contributed by atoms with E-state index in [1.165, 1.54) is 0 Å². The van der Waals surface area contributed by atoms with Crippen molar-refractivity contribution in [1.29, 1.82) is 0 Å². The first-order valence-corrected chi connectivity index (χ1v) is 7.82. The van der Waals surface area contributed by atoms with Crippen LogP contribution in [-0.2, 0) is 11.0 Å². The zero-order chi connectivity index (χ0) is 17.9. The van der Waals surface area contributed by atoms with Crippen molar-refractivity contribution in [3.05, 3.63) is 50.5 Å². The van der Waals surface area contributed by atoms with Crippen molar-refractivity contribution in [2.45, 2.75) is 6.18 Å². The summed E-state index contributed by atoms with van der Waals surface area (Å²) in [6, 6.07) is 5.40. The number of amides is 1. The maximum absolute atomic E-state index is 12.5. The highest BCUT2D eigenvalue weighted by atomic mass is 79.9. The number of carbonyl (C=O) groups excluding carboxylic acids is 1. The van der Waals surface area contributed by atoms with Gasteiger partial charge >= 0.3 is 6.18 Å². The number of nitrogens with one attached hydrogen (secondary N) is 1. The van der Waals surface area contributed by atoms with Crippen molar-refractivity contribution in [3.8, 4) is 5.75 Å². The van der Waals surface area contributed by atoms with Gasteiger partial charge in [0.2, 0.25) is 0 Å². The fourth-order valence-electron chi connectivity index (χ4n) is 1.59. The van der Waals surface area contributed by atoms with E-state index in [-0.39, 0.29) is 17.4 Å². The molecule has 0 radical (unpaired) electrons. The number of nitrogens with zero attached hydrogens (tertiary/aromatic N) is 1. The Morgan fingerprint density at radius 2 is 2.00 bits per heavy atom. The fourth-order valence-corrected chi connectivity index (χ4v) is 2.60. The zero-order valence-electron chi connectivity index (χ0n) is 11.6. The molecule has 0 unspecified atom stereocenters. The Balaban J connectivity index is 2.00. The molecular weight excluding hydrogens is 436 g/mol. The minimum absolute atomic E-state index is 0.187. The Bertz CT molecular complexity index is 772. The molecule has 0 saturated heterocycles. The number of aromatic nitrogens is 1. The minimum atomic E-state index is -4.57. The monoisotopic (exact) mass is 442 g/mol. The lowest BCUT2D eigenvalue weighted by Gasteiger charge is -2.11. The molecule has 0 saturated carbocycles. The highest BCUT2D eigenvalue weighted by Gasteiger charge is 2.31. The smallest absolute Gasteiger partial charge is 0.417 e. The van der Waals surface area contributed by atoms with E-state index in [1.807, 2.05) is 0 Å². The second-order valence-electron chi connectivity index (χ2n) is 4.46. The maximum atomic E-state index is 12.5. The molecule has 1 N–H and O–H groups in total. The molecule has 128 valence electrons. The van der Waals surface area contributed by atoms with Crippen LogP contribution in [0.4, 0.5) is 19.0 Å². The van der Waals surface area contributed by atoms with Gasteiger partial charge in [-0.25, -0.2) is 4.98 Å². The van der Waals surface area contributed by atoms with Gasteiger partial charge in [-0.1, -0.05) is 23.2 Å². The molecule has 24 heavy (non-hydrogen) atoms. The van der Waals surface area contributed by atoms with Crippen molar-refractivity contribution in [3.63, 3.8) is 0 Å². The van der Waals surface area contributed by atoms with Crippen LogP contribution >= 0.6 is 39.1 Å². The number of anilines is 1. The minimum Gasteiger partial charge on any atom is -0.483 e. The van der Waals surface area contributed by atoms with Gasteiger partial charge in [-0.3, -0.25) is 4.79 Å². The summed E-state index contributed by atoms with van der Waals surface area (Å²) in [4.78, 5) is 15.3. The molecule has 0 fully saturated rings. The summed E-state index contributed by atoms with van der Waals surface area (Å²) < 4.78 is 43.4. The molecule has 0 spiro atoms. The van der Waals surface area contributed by atoms with Crippen LogP contribution in [0.1, 0.15) is 5.56 Å². The molecule has 1 aromatic heterocycles. The van der Waals surface area contributed by atoms with Crippen LogP contribution in [0.2, 0.25) is 10.0 Å². The van der Waals surface area contributed by atoms with Crippen LogP contribution in [0.15, 0.2) is 34.9 Å². The summed E-state index contributed by atoms with van der Waals surface area (Å²) in [7, 11) is 0. The van der Waals surface area contributed by atoms with Crippen molar-refractivity contribution in [2.75, 3.05) is 11.9 Å². The summed E-state index contributed by atoms with van der Waals surface area (Å²) in [6.45, 7) is -0.390. The van der Waals surface area contributed by atoms with Crippen molar-refractivity contribution < 1.29 is 22.7 Å². The van der Waals surface area contributed by atoms with E-state index in [0.29, 0.717) is 27.5 Å². The van der Waals surface area contributed by atoms with Crippen LogP contribution in [0.3, 0.4) is 0 Å². The lowest BCUT2D eigenvalue weighted by Crippen LogP contribution is -2.21. The normalized spacial score (nSPS) is 11.2. The van der Waals surface area contributed by atoms with E-state index in [0.717, 1.165) is 0 Å². The van der Waals surface area contributed by atoms with Crippen molar-refractivity contribution in [2.24, 2.45) is 0 Å². The first-order chi connectivity index (χ1) is 11.2. The van der Waals surface area contributed by atoms with Gasteiger partial charge < -0.3 is 10.1 Å². The van der Waals surface area contributed by atoms with Gasteiger partial charge in [0.25, 0.3) is 5.91 Å². The number of benzene rings is 1. The molecule has 2 rings (SSSR count). The van der Waals surface area contributed by atoms with Gasteiger partial charge in [0, 0.05) is 11.2 Å². The van der Waals surface area contributed by atoms with Gasteiger partial charge in [-0.05, 0) is 40.2 Å². The number of halogens is 6. The van der Waals surface area contributed by atoms with Crippen LogP contribution in [-0.4, -0.2) is 17.5 Å². The van der Waals surface area contributed by atoms with Crippen LogP contribution < -0.4 is 10.1 Å². The number of rotatable bonds is 4. The molecular formula is C14H8BrCl2F3N2O2. The van der Waals surface area contributed by atoms with Gasteiger partial charge in [-0.15, -0.1) is 0 Å². The van der Waals surface area contributed by atoms with Crippen molar-refractivity contribution in [1.82, 2.24) is 4.98 Å². The molecule has 1 heterocycles. The number of ether oxygens (including phenoxy) is 1. The molecule has 1 aromatic carbocycles. The molecule has 1 amide bonds. The first kappa shape index (κ1) is 18.8. The lowest BCUT2D eigenvalue weighted by atomic mass is 10.3. The summed E-state index contributed by atoms with van der Waals surface area (Å²) in [5.74, 6) is -0.444. The third kappa shape index (κ3) is 4.99. The zero-order valence-corrected chi connectivity index (χ0v) is 14.7. The Hall–Kier alpha value is -1.51. The maximum Gasteiger partial charge on any atom is 0.417 e. The molecule has 4 nitrogen and oxygen atoms in total. The molecule has 0 aliphatic heterocycles. The number of carbonyl (C=O) groups is 1. The standard InChI is InChI=1S/C14H8BrCl2F3N2O2/c15-9-4-8(16)1-2-11(9)24-6-12(23)22-13-10(17)3-7(5-21-13)14(18,19)20/h1-5H,6H2,(H,21,22,23). The number of alkyl halides is 3. The molecule has 0 aliphatic carbocycles. The predicted octanol–water partition coefficient (Wildman–Crippen LogP) is 5.19.